The molecule has 0 aliphatic heterocycles. The maximum Gasteiger partial charge on any atom is 0.0324 e. The Hall–Kier alpha value is -0.830. The highest BCUT2D eigenvalue weighted by Gasteiger charge is 2.01. The van der Waals surface area contributed by atoms with Crippen molar-refractivity contribution in [2.75, 3.05) is 13.6 Å². The van der Waals surface area contributed by atoms with E-state index in [1.807, 2.05) is 11.3 Å². The van der Waals surface area contributed by atoms with Crippen LogP contribution in [0.1, 0.15) is 10.4 Å². The summed E-state index contributed by atoms with van der Waals surface area (Å²) in [5, 5.41) is 2.14. The number of halogens is 1. The molecule has 0 atom stereocenters. The molecule has 0 amide bonds. The summed E-state index contributed by atoms with van der Waals surface area (Å²) >= 11 is 1.83. The first kappa shape index (κ1) is 14.2. The van der Waals surface area contributed by atoms with Crippen molar-refractivity contribution in [1.82, 2.24) is 4.90 Å². The Balaban J connectivity index is 0.00000144. The molecule has 92 valence electrons. The quantitative estimate of drug-likeness (QED) is 0.796. The summed E-state index contributed by atoms with van der Waals surface area (Å²) in [6, 6.07) is 15.0. The molecule has 0 fully saturated rings. The summed E-state index contributed by atoms with van der Waals surface area (Å²) in [6.07, 6.45) is 1.13. The Labute approximate surface area is 114 Å². The molecule has 2 aromatic rings. The van der Waals surface area contributed by atoms with Crippen LogP contribution in [0, 0.1) is 0 Å². The molecule has 0 spiro atoms. The van der Waals surface area contributed by atoms with Crippen LogP contribution < -0.4 is 0 Å². The highest BCUT2D eigenvalue weighted by atomic mass is 35.5. The maximum atomic E-state index is 2.37. The van der Waals surface area contributed by atoms with E-state index in [4.69, 9.17) is 0 Å². The van der Waals surface area contributed by atoms with E-state index in [-0.39, 0.29) is 12.4 Å². The Kier molecular flexibility index (Phi) is 6.27. The summed E-state index contributed by atoms with van der Waals surface area (Å²) in [5.74, 6) is 0. The average molecular weight is 268 g/mol. The van der Waals surface area contributed by atoms with Crippen molar-refractivity contribution in [3.63, 3.8) is 0 Å². The van der Waals surface area contributed by atoms with Gasteiger partial charge in [0.15, 0.2) is 0 Å². The van der Waals surface area contributed by atoms with Gasteiger partial charge in [-0.1, -0.05) is 36.4 Å². The van der Waals surface area contributed by atoms with E-state index in [0.717, 1.165) is 19.5 Å². The van der Waals surface area contributed by atoms with Gasteiger partial charge in [-0.3, -0.25) is 0 Å². The third-order valence-corrected chi connectivity index (χ3v) is 3.49. The zero-order valence-electron chi connectivity index (χ0n) is 10.0. The van der Waals surface area contributed by atoms with Gasteiger partial charge in [0, 0.05) is 18.0 Å². The van der Waals surface area contributed by atoms with Gasteiger partial charge in [-0.25, -0.2) is 0 Å². The molecule has 0 radical (unpaired) electrons. The monoisotopic (exact) mass is 267 g/mol. The first-order valence-corrected chi connectivity index (χ1v) is 6.47. The second kappa shape index (κ2) is 7.49. The van der Waals surface area contributed by atoms with Crippen LogP contribution in [0.2, 0.25) is 0 Å². The fourth-order valence-electron chi connectivity index (χ4n) is 1.71. The van der Waals surface area contributed by atoms with Crippen molar-refractivity contribution >= 4 is 23.7 Å². The van der Waals surface area contributed by atoms with Crippen molar-refractivity contribution in [3.05, 3.63) is 58.3 Å². The summed E-state index contributed by atoms with van der Waals surface area (Å²) in [7, 11) is 2.18. The molecule has 1 aromatic carbocycles. The van der Waals surface area contributed by atoms with Crippen molar-refractivity contribution in [2.24, 2.45) is 0 Å². The van der Waals surface area contributed by atoms with Gasteiger partial charge in [-0.05, 0) is 30.5 Å². The number of thiophene rings is 1. The van der Waals surface area contributed by atoms with Gasteiger partial charge in [0.25, 0.3) is 0 Å². The topological polar surface area (TPSA) is 3.24 Å². The first-order valence-electron chi connectivity index (χ1n) is 5.59. The zero-order chi connectivity index (χ0) is 11.2. The molecule has 2 rings (SSSR count). The molecule has 1 heterocycles. The van der Waals surface area contributed by atoms with Gasteiger partial charge in [0.2, 0.25) is 0 Å². The van der Waals surface area contributed by atoms with Gasteiger partial charge >= 0.3 is 0 Å². The largest absolute Gasteiger partial charge is 0.301 e. The Bertz CT molecular complexity index is 399. The Morgan fingerprint density at radius 2 is 1.82 bits per heavy atom. The van der Waals surface area contributed by atoms with Gasteiger partial charge in [-0.15, -0.1) is 23.7 Å². The summed E-state index contributed by atoms with van der Waals surface area (Å²) in [4.78, 5) is 3.81. The third-order valence-electron chi connectivity index (χ3n) is 2.63. The molecule has 0 unspecified atom stereocenters. The second-order valence-electron chi connectivity index (χ2n) is 4.05. The third kappa shape index (κ3) is 4.90. The van der Waals surface area contributed by atoms with E-state index < -0.39 is 0 Å². The van der Waals surface area contributed by atoms with Crippen LogP contribution in [-0.2, 0) is 13.0 Å². The molecule has 0 aliphatic carbocycles. The van der Waals surface area contributed by atoms with Crippen LogP contribution in [0.15, 0.2) is 47.8 Å². The number of nitrogens with zero attached hydrogens (tertiary/aromatic N) is 1. The molecular weight excluding hydrogens is 250 g/mol. The van der Waals surface area contributed by atoms with Crippen LogP contribution in [0.5, 0.6) is 0 Å². The van der Waals surface area contributed by atoms with Crippen LogP contribution >= 0.6 is 23.7 Å². The van der Waals surface area contributed by atoms with Gasteiger partial charge in [0.1, 0.15) is 0 Å². The molecule has 0 aliphatic rings. The smallest absolute Gasteiger partial charge is 0.0324 e. The van der Waals surface area contributed by atoms with Crippen LogP contribution in [0.4, 0.5) is 0 Å². The van der Waals surface area contributed by atoms with E-state index in [0.29, 0.717) is 0 Å². The molecule has 0 saturated carbocycles. The van der Waals surface area contributed by atoms with Crippen LogP contribution in [0.3, 0.4) is 0 Å². The fourth-order valence-corrected chi connectivity index (χ4v) is 2.50. The number of hydrogen-bond acceptors (Lipinski definition) is 2. The highest BCUT2D eigenvalue weighted by Crippen LogP contribution is 2.11. The number of likely N-dealkylation sites (N-methyl/N-ethyl adjacent to an activating group) is 1. The van der Waals surface area contributed by atoms with Crippen molar-refractivity contribution in [1.29, 1.82) is 0 Å². The van der Waals surface area contributed by atoms with Crippen molar-refractivity contribution in [3.8, 4) is 0 Å². The minimum Gasteiger partial charge on any atom is -0.301 e. The van der Waals surface area contributed by atoms with Gasteiger partial charge < -0.3 is 4.90 Å². The average Bonchev–Trinajstić information content (AvgIpc) is 2.81. The normalized spacial score (nSPS) is 10.2. The minimum absolute atomic E-state index is 0. The minimum atomic E-state index is 0. The van der Waals surface area contributed by atoms with Gasteiger partial charge in [0.05, 0.1) is 0 Å². The molecule has 0 bridgehead atoms. The molecule has 17 heavy (non-hydrogen) atoms. The molecule has 0 saturated heterocycles. The van der Waals surface area contributed by atoms with E-state index in [2.05, 4.69) is 59.8 Å². The van der Waals surface area contributed by atoms with E-state index in [1.54, 1.807) is 0 Å². The SMILES string of the molecule is CN(CCc1ccccc1)Cc1cccs1.Cl. The lowest BCUT2D eigenvalue weighted by atomic mass is 10.1. The lowest BCUT2D eigenvalue weighted by molar-refractivity contribution is 0.334. The number of benzene rings is 1. The van der Waals surface area contributed by atoms with Crippen LogP contribution in [-0.4, -0.2) is 18.5 Å². The lowest BCUT2D eigenvalue weighted by Crippen LogP contribution is -2.20. The molecule has 1 aromatic heterocycles. The standard InChI is InChI=1S/C14H17NS.ClH/c1-15(12-14-8-5-11-16-14)10-9-13-6-3-2-4-7-13;/h2-8,11H,9-10,12H2,1H3;1H. The van der Waals surface area contributed by atoms with Crippen molar-refractivity contribution < 1.29 is 0 Å². The van der Waals surface area contributed by atoms with E-state index in [1.165, 1.54) is 10.4 Å². The van der Waals surface area contributed by atoms with E-state index in [9.17, 15) is 0 Å². The van der Waals surface area contributed by atoms with Crippen LogP contribution in [0.25, 0.3) is 0 Å². The molecule has 0 N–H and O–H groups in total. The lowest BCUT2D eigenvalue weighted by Gasteiger charge is -2.15. The maximum absolute atomic E-state index is 2.37. The highest BCUT2D eigenvalue weighted by molar-refractivity contribution is 7.09. The molecule has 3 heteroatoms. The summed E-state index contributed by atoms with van der Waals surface area (Å²) in [5.41, 5.74) is 1.42. The predicted octanol–water partition coefficient (Wildman–Crippen LogP) is 3.84. The van der Waals surface area contributed by atoms with E-state index >= 15 is 0 Å². The number of hydrogen-bond donors (Lipinski definition) is 0. The first-order chi connectivity index (χ1) is 7.84. The summed E-state index contributed by atoms with van der Waals surface area (Å²) in [6.45, 7) is 2.17. The van der Waals surface area contributed by atoms with Crippen molar-refractivity contribution in [2.45, 2.75) is 13.0 Å². The molecular formula is C14H18ClNS. The Morgan fingerprint density at radius 1 is 1.06 bits per heavy atom. The Morgan fingerprint density at radius 3 is 2.47 bits per heavy atom. The second-order valence-corrected chi connectivity index (χ2v) is 5.08. The fraction of sp³-hybridized carbons (Fsp3) is 0.286. The zero-order valence-corrected chi connectivity index (χ0v) is 11.6. The predicted molar refractivity (Wildman–Crippen MR) is 78.0 cm³/mol. The number of rotatable bonds is 5. The van der Waals surface area contributed by atoms with Gasteiger partial charge in [-0.2, -0.15) is 0 Å². The summed E-state index contributed by atoms with van der Waals surface area (Å²) < 4.78 is 0. The molecule has 1 nitrogen and oxygen atoms in total.